The summed E-state index contributed by atoms with van der Waals surface area (Å²) >= 11 is 0. The van der Waals surface area contributed by atoms with E-state index in [2.05, 4.69) is 9.97 Å². The Hall–Kier alpha value is -1.65. The summed E-state index contributed by atoms with van der Waals surface area (Å²) in [5.74, 6) is 1.63. The molecule has 1 fully saturated rings. The van der Waals surface area contributed by atoms with Crippen molar-refractivity contribution in [1.82, 2.24) is 9.97 Å². The van der Waals surface area contributed by atoms with E-state index >= 15 is 0 Å². The summed E-state index contributed by atoms with van der Waals surface area (Å²) in [7, 11) is 0. The number of nitrogens with zero attached hydrogens (tertiary/aromatic N) is 2. The summed E-state index contributed by atoms with van der Waals surface area (Å²) in [5, 5.41) is 0. The van der Waals surface area contributed by atoms with E-state index in [1.54, 1.807) is 0 Å². The van der Waals surface area contributed by atoms with Crippen LogP contribution in [0.25, 0.3) is 0 Å². The molecule has 0 aliphatic carbocycles. The molecule has 1 N–H and O–H groups in total. The lowest BCUT2D eigenvalue weighted by molar-refractivity contribution is -0.111. The van der Waals surface area contributed by atoms with Gasteiger partial charge in [-0.05, 0) is 12.8 Å². The number of nitrogens with one attached hydrogen (secondary N) is 1. The number of anilines is 1. The van der Waals surface area contributed by atoms with Gasteiger partial charge < -0.3 is 14.7 Å². The van der Waals surface area contributed by atoms with Crippen LogP contribution in [-0.4, -0.2) is 29.3 Å². The van der Waals surface area contributed by atoms with Gasteiger partial charge in [-0.15, -0.1) is 0 Å². The Morgan fingerprint density at radius 3 is 3.00 bits per heavy atom. The van der Waals surface area contributed by atoms with E-state index in [4.69, 9.17) is 0 Å². The minimum atomic E-state index is -0.128. The molecule has 5 heteroatoms. The van der Waals surface area contributed by atoms with Crippen LogP contribution < -0.4 is 10.5 Å². The Morgan fingerprint density at radius 2 is 2.33 bits per heavy atom. The van der Waals surface area contributed by atoms with Crippen LogP contribution in [0.1, 0.15) is 38.4 Å². The van der Waals surface area contributed by atoms with E-state index in [0.717, 1.165) is 25.7 Å². The van der Waals surface area contributed by atoms with Crippen LogP contribution in [-0.2, 0) is 4.79 Å². The Morgan fingerprint density at radius 1 is 1.56 bits per heavy atom. The van der Waals surface area contributed by atoms with Crippen molar-refractivity contribution in [2.75, 3.05) is 18.0 Å². The number of hydrogen-bond donors (Lipinski definition) is 1. The maximum atomic E-state index is 11.6. The first-order valence-corrected chi connectivity index (χ1v) is 6.41. The molecule has 1 aliphatic heterocycles. The predicted octanol–water partition coefficient (Wildman–Crippen LogP) is 1.31. The molecule has 2 heterocycles. The zero-order valence-electron chi connectivity index (χ0n) is 10.8. The van der Waals surface area contributed by atoms with Crippen LogP contribution in [0.15, 0.2) is 10.9 Å². The van der Waals surface area contributed by atoms with E-state index in [0.29, 0.717) is 18.2 Å². The van der Waals surface area contributed by atoms with Crippen molar-refractivity contribution in [2.45, 2.75) is 32.6 Å². The van der Waals surface area contributed by atoms with E-state index in [9.17, 15) is 9.59 Å². The molecular formula is C13H19N3O2. The second-order valence-electron chi connectivity index (χ2n) is 5.13. The maximum Gasteiger partial charge on any atom is 0.252 e. The zero-order valence-corrected chi connectivity index (χ0v) is 10.8. The first kappa shape index (κ1) is 12.8. The largest absolute Gasteiger partial charge is 0.356 e. The monoisotopic (exact) mass is 249 g/mol. The SMILES string of the molecule is CC(C)c1nc(N2CCCC(C=O)C2)cc(=O)[nH]1. The minimum Gasteiger partial charge on any atom is -0.356 e. The molecule has 0 bridgehead atoms. The Labute approximate surface area is 106 Å². The molecule has 1 saturated heterocycles. The van der Waals surface area contributed by atoms with Gasteiger partial charge in [0.05, 0.1) is 0 Å². The van der Waals surface area contributed by atoms with Gasteiger partial charge in [0.25, 0.3) is 5.56 Å². The summed E-state index contributed by atoms with van der Waals surface area (Å²) in [5.41, 5.74) is -0.128. The number of aromatic amines is 1. The van der Waals surface area contributed by atoms with Crippen molar-refractivity contribution >= 4 is 12.1 Å². The molecule has 2 rings (SSSR count). The van der Waals surface area contributed by atoms with Crippen molar-refractivity contribution in [1.29, 1.82) is 0 Å². The lowest BCUT2D eigenvalue weighted by Crippen LogP contribution is -2.37. The summed E-state index contributed by atoms with van der Waals surface area (Å²) in [6.07, 6.45) is 2.90. The van der Waals surface area contributed by atoms with E-state index in [1.165, 1.54) is 6.07 Å². The third-order valence-electron chi connectivity index (χ3n) is 3.27. The number of aromatic nitrogens is 2. The third-order valence-corrected chi connectivity index (χ3v) is 3.27. The molecule has 1 atom stereocenters. The first-order chi connectivity index (χ1) is 8.60. The maximum absolute atomic E-state index is 11.6. The molecule has 1 aromatic heterocycles. The molecule has 0 aromatic carbocycles. The standard InChI is InChI=1S/C13H19N3O2/c1-9(2)13-14-11(6-12(18)15-13)16-5-3-4-10(7-16)8-17/h6,8-10H,3-5,7H2,1-2H3,(H,14,15,18). The van der Waals surface area contributed by atoms with Gasteiger partial charge in [0.15, 0.2) is 0 Å². The van der Waals surface area contributed by atoms with Crippen LogP contribution in [0.3, 0.4) is 0 Å². The van der Waals surface area contributed by atoms with E-state index in [1.807, 2.05) is 18.7 Å². The highest BCUT2D eigenvalue weighted by Crippen LogP contribution is 2.20. The molecule has 0 spiro atoms. The lowest BCUT2D eigenvalue weighted by Gasteiger charge is -2.31. The predicted molar refractivity (Wildman–Crippen MR) is 69.9 cm³/mol. The van der Waals surface area contributed by atoms with Crippen LogP contribution in [0.5, 0.6) is 0 Å². The molecule has 0 radical (unpaired) electrons. The number of carbonyl (C=O) groups is 1. The number of rotatable bonds is 3. The number of aldehydes is 1. The highest BCUT2D eigenvalue weighted by atomic mass is 16.1. The summed E-state index contributed by atoms with van der Waals surface area (Å²) < 4.78 is 0. The molecule has 18 heavy (non-hydrogen) atoms. The number of hydrogen-bond acceptors (Lipinski definition) is 4. The Bertz CT molecular complexity index is 481. The molecule has 1 aliphatic rings. The normalized spacial score (nSPS) is 20.2. The van der Waals surface area contributed by atoms with E-state index in [-0.39, 0.29) is 17.4 Å². The Kier molecular flexibility index (Phi) is 3.79. The average molecular weight is 249 g/mol. The Balaban J connectivity index is 2.27. The fourth-order valence-electron chi connectivity index (χ4n) is 2.23. The molecule has 98 valence electrons. The lowest BCUT2D eigenvalue weighted by atomic mass is 10.00. The van der Waals surface area contributed by atoms with E-state index < -0.39 is 0 Å². The van der Waals surface area contributed by atoms with Gasteiger partial charge in [0.2, 0.25) is 0 Å². The van der Waals surface area contributed by atoms with Crippen molar-refractivity contribution < 1.29 is 4.79 Å². The van der Waals surface area contributed by atoms with Crippen LogP contribution >= 0.6 is 0 Å². The highest BCUT2D eigenvalue weighted by molar-refractivity contribution is 5.56. The molecule has 1 unspecified atom stereocenters. The van der Waals surface area contributed by atoms with Crippen LogP contribution in [0.2, 0.25) is 0 Å². The smallest absolute Gasteiger partial charge is 0.252 e. The molecule has 0 amide bonds. The second kappa shape index (κ2) is 5.33. The van der Waals surface area contributed by atoms with Gasteiger partial charge >= 0.3 is 0 Å². The van der Waals surface area contributed by atoms with Crippen LogP contribution in [0.4, 0.5) is 5.82 Å². The molecular weight excluding hydrogens is 230 g/mol. The van der Waals surface area contributed by atoms with Gasteiger partial charge in [-0.2, -0.15) is 0 Å². The van der Waals surface area contributed by atoms with Gasteiger partial charge in [0, 0.05) is 31.0 Å². The zero-order chi connectivity index (χ0) is 13.1. The van der Waals surface area contributed by atoms with Crippen molar-refractivity contribution in [3.63, 3.8) is 0 Å². The number of piperidine rings is 1. The minimum absolute atomic E-state index is 0.0577. The summed E-state index contributed by atoms with van der Waals surface area (Å²) in [6.45, 7) is 5.51. The van der Waals surface area contributed by atoms with Gasteiger partial charge in [0.1, 0.15) is 17.9 Å². The topological polar surface area (TPSA) is 66.1 Å². The average Bonchev–Trinajstić information content (AvgIpc) is 2.38. The van der Waals surface area contributed by atoms with Crippen molar-refractivity contribution in [3.8, 4) is 0 Å². The van der Waals surface area contributed by atoms with Gasteiger partial charge in [-0.1, -0.05) is 13.8 Å². The van der Waals surface area contributed by atoms with Crippen LogP contribution in [0, 0.1) is 5.92 Å². The highest BCUT2D eigenvalue weighted by Gasteiger charge is 2.21. The molecule has 1 aromatic rings. The molecule has 5 nitrogen and oxygen atoms in total. The fraction of sp³-hybridized carbons (Fsp3) is 0.615. The third kappa shape index (κ3) is 2.78. The fourth-order valence-corrected chi connectivity index (χ4v) is 2.23. The summed E-state index contributed by atoms with van der Waals surface area (Å²) in [4.78, 5) is 31.7. The van der Waals surface area contributed by atoms with Gasteiger partial charge in [-0.25, -0.2) is 4.98 Å². The second-order valence-corrected chi connectivity index (χ2v) is 5.13. The number of carbonyl (C=O) groups excluding carboxylic acids is 1. The van der Waals surface area contributed by atoms with Crippen molar-refractivity contribution in [3.05, 3.63) is 22.2 Å². The molecule has 0 saturated carbocycles. The summed E-state index contributed by atoms with van der Waals surface area (Å²) in [6, 6.07) is 1.51. The van der Waals surface area contributed by atoms with Gasteiger partial charge in [-0.3, -0.25) is 4.79 Å². The number of H-pyrrole nitrogens is 1. The quantitative estimate of drug-likeness (QED) is 0.820. The van der Waals surface area contributed by atoms with Crippen molar-refractivity contribution in [2.24, 2.45) is 5.92 Å². The first-order valence-electron chi connectivity index (χ1n) is 6.41.